The summed E-state index contributed by atoms with van der Waals surface area (Å²) in [6.45, 7) is 5.46. The number of hydrogen-bond acceptors (Lipinski definition) is 5. The van der Waals surface area contributed by atoms with Gasteiger partial charge in [-0.2, -0.15) is 0 Å². The zero-order valence-corrected chi connectivity index (χ0v) is 21.2. The fourth-order valence-electron chi connectivity index (χ4n) is 3.08. The molecule has 0 aromatic heterocycles. The van der Waals surface area contributed by atoms with Gasteiger partial charge in [-0.3, -0.25) is 9.10 Å². The van der Waals surface area contributed by atoms with Crippen molar-refractivity contribution in [1.82, 2.24) is 0 Å². The molecule has 7 nitrogen and oxygen atoms in total. The molecule has 0 fully saturated rings. The lowest BCUT2D eigenvalue weighted by Gasteiger charge is -2.24. The number of carbonyl (C=O) groups is 1. The molecule has 3 aromatic rings. The van der Waals surface area contributed by atoms with Crippen LogP contribution in [0.15, 0.2) is 88.8 Å². The van der Waals surface area contributed by atoms with E-state index in [1.165, 1.54) is 19.2 Å². The van der Waals surface area contributed by atoms with Crippen LogP contribution in [0.25, 0.3) is 0 Å². The van der Waals surface area contributed by atoms with Crippen molar-refractivity contribution in [3.05, 3.63) is 89.4 Å². The van der Waals surface area contributed by atoms with Crippen LogP contribution in [0.2, 0.25) is 0 Å². The van der Waals surface area contributed by atoms with Crippen LogP contribution in [-0.4, -0.2) is 34.6 Å². The lowest BCUT2D eigenvalue weighted by Crippen LogP contribution is -2.38. The summed E-state index contributed by atoms with van der Waals surface area (Å²) in [5.41, 5.74) is 1.86. The largest absolute Gasteiger partial charge is 0.496 e. The van der Waals surface area contributed by atoms with Gasteiger partial charge in [0, 0.05) is 5.69 Å². The second-order valence-corrected chi connectivity index (χ2v) is 10.0. The molecule has 3 aromatic carbocycles. The van der Waals surface area contributed by atoms with Gasteiger partial charge in [-0.1, -0.05) is 30.4 Å². The van der Waals surface area contributed by atoms with Crippen molar-refractivity contribution >= 4 is 43.2 Å². The molecule has 0 saturated heterocycles. The van der Waals surface area contributed by atoms with Crippen LogP contribution < -0.4 is 19.1 Å². The van der Waals surface area contributed by atoms with Crippen LogP contribution in [0.3, 0.4) is 0 Å². The third-order valence-electron chi connectivity index (χ3n) is 4.83. The van der Waals surface area contributed by atoms with Crippen LogP contribution >= 0.6 is 15.9 Å². The number of benzene rings is 3. The fourth-order valence-corrected chi connectivity index (χ4v) is 5.22. The van der Waals surface area contributed by atoms with Gasteiger partial charge in [0.25, 0.3) is 10.0 Å². The highest BCUT2D eigenvalue weighted by Gasteiger charge is 2.28. The molecule has 0 heterocycles. The Bertz CT molecular complexity index is 1260. The molecule has 0 bridgehead atoms. The number of amides is 1. The Morgan fingerprint density at radius 1 is 1.09 bits per heavy atom. The maximum Gasteiger partial charge on any atom is 0.264 e. The first kappa shape index (κ1) is 25.3. The number of ether oxygens (including phenoxy) is 2. The van der Waals surface area contributed by atoms with E-state index < -0.39 is 22.5 Å². The molecule has 0 saturated carbocycles. The van der Waals surface area contributed by atoms with Gasteiger partial charge >= 0.3 is 0 Å². The molecule has 0 aliphatic carbocycles. The summed E-state index contributed by atoms with van der Waals surface area (Å²) >= 11 is 3.33. The fraction of sp³-hybridized carbons (Fsp3) is 0.160. The number of sulfonamides is 1. The number of nitrogens with one attached hydrogen (secondary N) is 1. The van der Waals surface area contributed by atoms with Gasteiger partial charge in [0.1, 0.15) is 24.7 Å². The molecule has 9 heteroatoms. The molecule has 0 radical (unpaired) electrons. The minimum Gasteiger partial charge on any atom is -0.496 e. The number of carbonyl (C=O) groups excluding carboxylic acids is 1. The zero-order chi connectivity index (χ0) is 24.7. The molecule has 0 atom stereocenters. The number of methoxy groups -OCH3 is 1. The minimum atomic E-state index is -4.06. The van der Waals surface area contributed by atoms with E-state index in [4.69, 9.17) is 9.47 Å². The first-order chi connectivity index (χ1) is 16.2. The van der Waals surface area contributed by atoms with E-state index in [0.29, 0.717) is 34.0 Å². The van der Waals surface area contributed by atoms with E-state index in [0.717, 1.165) is 9.87 Å². The average Bonchev–Trinajstić information content (AvgIpc) is 2.82. The molecule has 3 rings (SSSR count). The molecular formula is C25H25BrN2O5S. The van der Waals surface area contributed by atoms with Crippen molar-refractivity contribution < 1.29 is 22.7 Å². The summed E-state index contributed by atoms with van der Waals surface area (Å²) in [6.07, 6.45) is 1.64. The highest BCUT2D eigenvalue weighted by molar-refractivity contribution is 9.10. The number of hydrogen-bond donors (Lipinski definition) is 1. The van der Waals surface area contributed by atoms with Gasteiger partial charge in [0.15, 0.2) is 0 Å². The van der Waals surface area contributed by atoms with Crippen molar-refractivity contribution in [1.29, 1.82) is 0 Å². The van der Waals surface area contributed by atoms with Crippen molar-refractivity contribution in [2.75, 3.05) is 29.9 Å². The molecule has 0 aliphatic rings. The smallest absolute Gasteiger partial charge is 0.264 e. The van der Waals surface area contributed by atoms with Gasteiger partial charge in [-0.25, -0.2) is 8.42 Å². The summed E-state index contributed by atoms with van der Waals surface area (Å²) in [7, 11) is -2.57. The van der Waals surface area contributed by atoms with E-state index in [1.807, 2.05) is 6.92 Å². The standard InChI is InChI=1S/C25H25BrN2O5S/c1-4-15-33-21-11-7-19(8-12-21)27-25(29)17-28(20-9-5-18(2)6-10-20)34(30,31)22-13-14-24(32-3)23(26)16-22/h4-14,16H,1,15,17H2,2-3H3,(H,27,29). The van der Waals surface area contributed by atoms with Crippen LogP contribution in [0.5, 0.6) is 11.5 Å². The summed E-state index contributed by atoms with van der Waals surface area (Å²) in [4.78, 5) is 12.9. The molecule has 1 amide bonds. The van der Waals surface area contributed by atoms with Gasteiger partial charge in [-0.15, -0.1) is 0 Å². The molecule has 178 valence electrons. The Balaban J connectivity index is 1.87. The van der Waals surface area contributed by atoms with Crippen molar-refractivity contribution in [2.45, 2.75) is 11.8 Å². The Morgan fingerprint density at radius 3 is 2.35 bits per heavy atom. The van der Waals surface area contributed by atoms with Crippen molar-refractivity contribution in [3.8, 4) is 11.5 Å². The predicted octanol–water partition coefficient (Wildman–Crippen LogP) is 5.16. The Morgan fingerprint density at radius 2 is 1.76 bits per heavy atom. The molecular weight excluding hydrogens is 520 g/mol. The number of nitrogens with zero attached hydrogens (tertiary/aromatic N) is 1. The number of anilines is 2. The van der Waals surface area contributed by atoms with Crippen LogP contribution in [0.4, 0.5) is 11.4 Å². The second kappa shape index (κ2) is 11.2. The quantitative estimate of drug-likeness (QED) is 0.356. The summed E-state index contributed by atoms with van der Waals surface area (Å²) < 4.78 is 39.3. The van der Waals surface area contributed by atoms with Crippen molar-refractivity contribution in [3.63, 3.8) is 0 Å². The molecule has 0 unspecified atom stereocenters. The van der Waals surface area contributed by atoms with E-state index in [-0.39, 0.29) is 4.90 Å². The Labute approximate surface area is 208 Å². The first-order valence-electron chi connectivity index (χ1n) is 10.3. The maximum atomic E-state index is 13.6. The zero-order valence-electron chi connectivity index (χ0n) is 18.8. The highest BCUT2D eigenvalue weighted by Crippen LogP contribution is 2.31. The monoisotopic (exact) mass is 544 g/mol. The minimum absolute atomic E-state index is 0.0253. The van der Waals surface area contributed by atoms with Gasteiger partial charge < -0.3 is 14.8 Å². The molecule has 34 heavy (non-hydrogen) atoms. The predicted molar refractivity (Wildman–Crippen MR) is 137 cm³/mol. The molecule has 0 spiro atoms. The van der Waals surface area contributed by atoms with E-state index in [1.54, 1.807) is 60.7 Å². The third-order valence-corrected chi connectivity index (χ3v) is 7.22. The van der Waals surface area contributed by atoms with E-state index >= 15 is 0 Å². The Kier molecular flexibility index (Phi) is 8.36. The second-order valence-electron chi connectivity index (χ2n) is 7.32. The highest BCUT2D eigenvalue weighted by atomic mass is 79.9. The van der Waals surface area contributed by atoms with Gasteiger partial charge in [0.05, 0.1) is 22.2 Å². The number of aryl methyl sites for hydroxylation is 1. The van der Waals surface area contributed by atoms with Crippen LogP contribution in [0, 0.1) is 6.92 Å². The van der Waals surface area contributed by atoms with Gasteiger partial charge in [0.2, 0.25) is 5.91 Å². The van der Waals surface area contributed by atoms with Gasteiger partial charge in [-0.05, 0) is 77.5 Å². The number of rotatable bonds is 10. The lowest BCUT2D eigenvalue weighted by molar-refractivity contribution is -0.114. The van der Waals surface area contributed by atoms with Crippen LogP contribution in [-0.2, 0) is 14.8 Å². The summed E-state index contributed by atoms with van der Waals surface area (Å²) in [5.74, 6) is 0.641. The topological polar surface area (TPSA) is 84.9 Å². The first-order valence-corrected chi connectivity index (χ1v) is 12.5. The summed E-state index contributed by atoms with van der Waals surface area (Å²) in [5, 5.41) is 2.74. The molecule has 0 aliphatic heterocycles. The van der Waals surface area contributed by atoms with Crippen LogP contribution in [0.1, 0.15) is 5.56 Å². The molecule has 1 N–H and O–H groups in total. The summed E-state index contributed by atoms with van der Waals surface area (Å²) in [6, 6.07) is 18.2. The number of halogens is 1. The maximum absolute atomic E-state index is 13.6. The average molecular weight is 545 g/mol. The SMILES string of the molecule is C=CCOc1ccc(NC(=O)CN(c2ccc(C)cc2)S(=O)(=O)c2ccc(OC)c(Br)c2)cc1. The van der Waals surface area contributed by atoms with E-state index in [2.05, 4.69) is 27.8 Å². The normalized spacial score (nSPS) is 10.9. The lowest BCUT2D eigenvalue weighted by atomic mass is 10.2. The Hall–Kier alpha value is -3.30. The van der Waals surface area contributed by atoms with E-state index in [9.17, 15) is 13.2 Å². The third kappa shape index (κ3) is 6.18. The van der Waals surface area contributed by atoms with Crippen molar-refractivity contribution in [2.24, 2.45) is 0 Å².